The zero-order valence-corrected chi connectivity index (χ0v) is 32.3. The Kier molecular flexibility index (Phi) is 6.91. The molecule has 1 heteroatoms. The lowest BCUT2D eigenvalue weighted by Crippen LogP contribution is -2.00. The summed E-state index contributed by atoms with van der Waals surface area (Å²) in [5.41, 5.74) is 19.7. The molecule has 0 saturated carbocycles. The highest BCUT2D eigenvalue weighted by molar-refractivity contribution is 6.18. The third-order valence-electron chi connectivity index (χ3n) is 13.3. The molecule has 10 aromatic carbocycles. The maximum atomic E-state index is 2.49. The van der Waals surface area contributed by atoms with Crippen LogP contribution in [0.25, 0.3) is 82.4 Å². The molecule has 2 aliphatic rings. The van der Waals surface area contributed by atoms with Gasteiger partial charge in [0, 0.05) is 28.3 Å². The molecule has 0 bridgehead atoms. The van der Waals surface area contributed by atoms with E-state index in [4.69, 9.17) is 0 Å². The Morgan fingerprint density at radius 1 is 0.322 bits per heavy atom. The first kappa shape index (κ1) is 32.6. The van der Waals surface area contributed by atoms with Crippen LogP contribution >= 0.6 is 0 Å². The van der Waals surface area contributed by atoms with Gasteiger partial charge in [-0.25, -0.2) is 0 Å². The Bertz CT molecular complexity index is 3510. The van der Waals surface area contributed by atoms with Crippen LogP contribution in [-0.2, 0) is 0 Å². The van der Waals surface area contributed by atoms with E-state index in [1.165, 1.54) is 116 Å². The Balaban J connectivity index is 1.05. The molecule has 0 saturated heterocycles. The van der Waals surface area contributed by atoms with Gasteiger partial charge in [-0.3, -0.25) is 0 Å². The monoisotopic (exact) mass is 747 g/mol. The van der Waals surface area contributed by atoms with Gasteiger partial charge < -0.3 is 4.57 Å². The normalized spacial score (nSPS) is 15.1. The van der Waals surface area contributed by atoms with Crippen LogP contribution in [0.5, 0.6) is 0 Å². The van der Waals surface area contributed by atoms with Crippen molar-refractivity contribution in [3.8, 4) is 39.1 Å². The van der Waals surface area contributed by atoms with Gasteiger partial charge >= 0.3 is 0 Å². The highest BCUT2D eigenvalue weighted by atomic mass is 15.0. The van der Waals surface area contributed by atoms with Gasteiger partial charge in [0.1, 0.15) is 0 Å². The molecule has 59 heavy (non-hydrogen) atoms. The first-order chi connectivity index (χ1) is 29.3. The third-order valence-corrected chi connectivity index (χ3v) is 13.3. The van der Waals surface area contributed by atoms with Gasteiger partial charge in [-0.15, -0.1) is 0 Å². The number of aromatic nitrogens is 1. The van der Waals surface area contributed by atoms with Crippen molar-refractivity contribution in [1.82, 2.24) is 4.57 Å². The number of rotatable bonds is 4. The summed E-state index contributed by atoms with van der Waals surface area (Å²) in [6, 6.07) is 79.5. The molecule has 274 valence electrons. The largest absolute Gasteiger partial charge is 0.309 e. The van der Waals surface area contributed by atoms with Crippen LogP contribution in [0.2, 0.25) is 0 Å². The lowest BCUT2D eigenvalue weighted by molar-refractivity contribution is 1.02. The van der Waals surface area contributed by atoms with E-state index in [0.29, 0.717) is 0 Å². The smallest absolute Gasteiger partial charge is 0.0547 e. The van der Waals surface area contributed by atoms with E-state index in [1.807, 2.05) is 0 Å². The molecule has 0 N–H and O–H groups in total. The fraction of sp³-hybridized carbons (Fsp3) is 0.0345. The number of fused-ring (bicyclic) bond motifs is 12. The van der Waals surface area contributed by atoms with Gasteiger partial charge in [0.25, 0.3) is 0 Å². The van der Waals surface area contributed by atoms with Crippen LogP contribution in [0, 0.1) is 0 Å². The Labute approximate surface area is 343 Å². The van der Waals surface area contributed by atoms with Gasteiger partial charge in [0.05, 0.1) is 11.0 Å². The fourth-order valence-electron chi connectivity index (χ4n) is 10.8. The maximum Gasteiger partial charge on any atom is 0.0547 e. The lowest BCUT2D eigenvalue weighted by Gasteiger charge is -2.17. The highest BCUT2D eigenvalue weighted by Crippen LogP contribution is 2.54. The van der Waals surface area contributed by atoms with Crippen molar-refractivity contribution in [1.29, 1.82) is 0 Å². The molecule has 13 rings (SSSR count). The van der Waals surface area contributed by atoms with Crippen molar-refractivity contribution < 1.29 is 0 Å². The second-order valence-corrected chi connectivity index (χ2v) is 16.3. The van der Waals surface area contributed by atoms with Crippen LogP contribution < -0.4 is 0 Å². The van der Waals surface area contributed by atoms with E-state index in [2.05, 4.69) is 217 Å². The second-order valence-electron chi connectivity index (χ2n) is 16.3. The van der Waals surface area contributed by atoms with Gasteiger partial charge in [0.2, 0.25) is 0 Å². The van der Waals surface area contributed by atoms with Crippen molar-refractivity contribution in [2.75, 3.05) is 0 Å². The Morgan fingerprint density at radius 2 is 0.949 bits per heavy atom. The van der Waals surface area contributed by atoms with Crippen molar-refractivity contribution >= 4 is 43.4 Å². The van der Waals surface area contributed by atoms with Crippen molar-refractivity contribution in [3.63, 3.8) is 0 Å². The van der Waals surface area contributed by atoms with Crippen LogP contribution in [0.15, 0.2) is 212 Å². The van der Waals surface area contributed by atoms with E-state index in [1.54, 1.807) is 0 Å². The Hall–Kier alpha value is -7.48. The molecule has 2 atom stereocenters. The molecule has 0 amide bonds. The molecular weight excluding hydrogens is 711 g/mol. The van der Waals surface area contributed by atoms with Crippen molar-refractivity contribution in [2.45, 2.75) is 11.8 Å². The fourth-order valence-corrected chi connectivity index (χ4v) is 10.8. The summed E-state index contributed by atoms with van der Waals surface area (Å²) < 4.78 is 2.49. The summed E-state index contributed by atoms with van der Waals surface area (Å²) >= 11 is 0. The van der Waals surface area contributed by atoms with E-state index < -0.39 is 0 Å². The second kappa shape index (κ2) is 12.5. The van der Waals surface area contributed by atoms with Crippen LogP contribution in [0.3, 0.4) is 0 Å². The summed E-state index contributed by atoms with van der Waals surface area (Å²) in [7, 11) is 0. The number of benzene rings is 10. The van der Waals surface area contributed by atoms with E-state index >= 15 is 0 Å². The molecule has 11 aromatic rings. The molecule has 0 spiro atoms. The van der Waals surface area contributed by atoms with E-state index in [-0.39, 0.29) is 11.8 Å². The predicted molar refractivity (Wildman–Crippen MR) is 247 cm³/mol. The lowest BCUT2D eigenvalue weighted by atomic mass is 9.86. The summed E-state index contributed by atoms with van der Waals surface area (Å²) in [4.78, 5) is 0. The zero-order chi connectivity index (χ0) is 38.6. The Morgan fingerprint density at radius 3 is 1.83 bits per heavy atom. The average molecular weight is 748 g/mol. The summed E-state index contributed by atoms with van der Waals surface area (Å²) in [5.74, 6) is 0.365. The minimum Gasteiger partial charge on any atom is -0.309 e. The van der Waals surface area contributed by atoms with Crippen molar-refractivity contribution in [3.05, 3.63) is 246 Å². The quantitative estimate of drug-likeness (QED) is 0.169. The van der Waals surface area contributed by atoms with Crippen LogP contribution in [0.1, 0.15) is 45.2 Å². The summed E-state index contributed by atoms with van der Waals surface area (Å²) in [5, 5.41) is 7.70. The SMILES string of the molecule is c1ccc(C2c3ccccc3-c3c2ccc2c3c3cc(-c4ccc5c(c4)-c4ccccc4C5c4cccc5ccccc45)ccc3n2-c2ccc3ccccc3c2)cc1. The van der Waals surface area contributed by atoms with Gasteiger partial charge in [-0.05, 0) is 125 Å². The number of nitrogens with zero attached hydrogens (tertiary/aromatic N) is 1. The van der Waals surface area contributed by atoms with Gasteiger partial charge in [-0.2, -0.15) is 0 Å². The topological polar surface area (TPSA) is 4.93 Å². The molecule has 0 aliphatic heterocycles. The average Bonchev–Trinajstić information content (AvgIpc) is 3.94. The van der Waals surface area contributed by atoms with Crippen LogP contribution in [-0.4, -0.2) is 4.57 Å². The molecular formula is C58H37N. The van der Waals surface area contributed by atoms with Gasteiger partial charge in [0.15, 0.2) is 0 Å². The molecule has 1 aromatic heterocycles. The molecule has 2 aliphatic carbocycles. The molecule has 0 fully saturated rings. The molecule has 0 radical (unpaired) electrons. The predicted octanol–water partition coefficient (Wildman–Crippen LogP) is 15.1. The zero-order valence-electron chi connectivity index (χ0n) is 32.3. The first-order valence-electron chi connectivity index (χ1n) is 20.7. The maximum absolute atomic E-state index is 2.49. The van der Waals surface area contributed by atoms with E-state index in [0.717, 1.165) is 0 Å². The third kappa shape index (κ3) is 4.73. The standard InChI is InChI=1S/C58H37N/c1-2-15-38(16-3-1)55-47-22-10-11-23-48(47)57-50(55)30-32-54-58(57)52-35-41(27-31-53(52)59(54)42-28-25-36-13-4-5-17-39(36)33-42)40-26-29-49-51(34-40)44-20-8-9-21-46(44)56(49)45-24-12-18-37-14-6-7-19-43(37)45/h1-35,55-56H. The minimum atomic E-state index is 0.181. The molecule has 1 heterocycles. The number of hydrogen-bond acceptors (Lipinski definition) is 0. The van der Waals surface area contributed by atoms with Crippen molar-refractivity contribution in [2.24, 2.45) is 0 Å². The minimum absolute atomic E-state index is 0.181. The summed E-state index contributed by atoms with van der Waals surface area (Å²) in [6.07, 6.45) is 0. The summed E-state index contributed by atoms with van der Waals surface area (Å²) in [6.45, 7) is 0. The first-order valence-corrected chi connectivity index (χ1v) is 20.7. The number of hydrogen-bond donors (Lipinski definition) is 0. The van der Waals surface area contributed by atoms with Crippen LogP contribution in [0.4, 0.5) is 0 Å². The molecule has 1 nitrogen and oxygen atoms in total. The molecule has 2 unspecified atom stereocenters. The highest BCUT2D eigenvalue weighted by Gasteiger charge is 2.34. The van der Waals surface area contributed by atoms with E-state index in [9.17, 15) is 0 Å². The van der Waals surface area contributed by atoms with Gasteiger partial charge in [-0.1, -0.05) is 176 Å².